The summed E-state index contributed by atoms with van der Waals surface area (Å²) in [6, 6.07) is 22.4. The van der Waals surface area contributed by atoms with Gasteiger partial charge < -0.3 is 14.8 Å². The number of hydrogen-bond donors (Lipinski definition) is 1. The van der Waals surface area contributed by atoms with E-state index in [1.54, 1.807) is 32.4 Å². The van der Waals surface area contributed by atoms with Crippen LogP contribution in [0.1, 0.15) is 0 Å². The minimum atomic E-state index is -0.195. The van der Waals surface area contributed by atoms with Crippen LogP contribution in [0.15, 0.2) is 78.0 Å². The summed E-state index contributed by atoms with van der Waals surface area (Å²) in [6.07, 6.45) is 0. The first-order chi connectivity index (χ1) is 16.1. The highest BCUT2D eigenvalue weighted by Crippen LogP contribution is 2.31. The van der Waals surface area contributed by atoms with Crippen molar-refractivity contribution in [3.05, 3.63) is 77.8 Å². The molecule has 1 amide bonds. The molecule has 0 fully saturated rings. The molecule has 168 valence electrons. The number of nitrogens with one attached hydrogen (secondary N) is 1. The molecule has 9 heteroatoms. The molecule has 4 aromatic rings. The van der Waals surface area contributed by atoms with Gasteiger partial charge in [0.2, 0.25) is 5.91 Å². The molecule has 3 aromatic carbocycles. The molecule has 0 saturated heterocycles. The Hall–Kier alpha value is -3.49. The maximum Gasteiger partial charge on any atom is 0.234 e. The fourth-order valence-corrected chi connectivity index (χ4v) is 4.06. The van der Waals surface area contributed by atoms with Crippen LogP contribution in [0.3, 0.4) is 0 Å². The van der Waals surface area contributed by atoms with Crippen LogP contribution in [0.2, 0.25) is 5.02 Å². The quantitative estimate of drug-likeness (QED) is 0.343. The maximum atomic E-state index is 12.7. The van der Waals surface area contributed by atoms with Gasteiger partial charge in [0.25, 0.3) is 0 Å². The third-order valence-electron chi connectivity index (χ3n) is 4.77. The summed E-state index contributed by atoms with van der Waals surface area (Å²) >= 11 is 7.34. The summed E-state index contributed by atoms with van der Waals surface area (Å²) < 4.78 is 12.5. The van der Waals surface area contributed by atoms with E-state index in [0.717, 1.165) is 11.3 Å². The molecule has 1 aromatic heterocycles. The first-order valence-corrected chi connectivity index (χ1v) is 11.4. The van der Waals surface area contributed by atoms with Gasteiger partial charge in [-0.1, -0.05) is 41.6 Å². The van der Waals surface area contributed by atoms with Crippen molar-refractivity contribution in [2.45, 2.75) is 5.16 Å². The average molecular weight is 481 g/mol. The third-order valence-corrected chi connectivity index (χ3v) is 5.95. The molecular weight excluding hydrogens is 460 g/mol. The second-order valence-electron chi connectivity index (χ2n) is 6.89. The van der Waals surface area contributed by atoms with Gasteiger partial charge in [0.05, 0.1) is 25.7 Å². The molecule has 1 N–H and O–H groups in total. The van der Waals surface area contributed by atoms with E-state index in [-0.39, 0.29) is 11.7 Å². The number of carbonyl (C=O) groups excluding carboxylic acids is 1. The summed E-state index contributed by atoms with van der Waals surface area (Å²) in [6.45, 7) is 0. The van der Waals surface area contributed by atoms with Crippen LogP contribution in [-0.2, 0) is 4.79 Å². The Morgan fingerprint density at radius 3 is 2.45 bits per heavy atom. The smallest absolute Gasteiger partial charge is 0.234 e. The number of rotatable bonds is 8. The molecule has 0 aliphatic carbocycles. The zero-order chi connectivity index (χ0) is 23.2. The summed E-state index contributed by atoms with van der Waals surface area (Å²) in [5.74, 6) is 1.77. The fraction of sp³-hybridized carbons (Fsp3) is 0.125. The van der Waals surface area contributed by atoms with Crippen LogP contribution in [0.25, 0.3) is 17.1 Å². The highest BCUT2D eigenvalue weighted by atomic mass is 35.5. The van der Waals surface area contributed by atoms with E-state index in [1.807, 2.05) is 59.2 Å². The Kier molecular flexibility index (Phi) is 7.16. The normalized spacial score (nSPS) is 10.6. The summed E-state index contributed by atoms with van der Waals surface area (Å²) in [5.41, 5.74) is 2.33. The zero-order valence-electron chi connectivity index (χ0n) is 18.0. The average Bonchev–Trinajstić information content (AvgIpc) is 3.28. The Balaban J connectivity index is 1.56. The Bertz CT molecular complexity index is 1250. The predicted molar refractivity (Wildman–Crippen MR) is 131 cm³/mol. The van der Waals surface area contributed by atoms with Crippen molar-refractivity contribution in [2.24, 2.45) is 0 Å². The van der Waals surface area contributed by atoms with Gasteiger partial charge >= 0.3 is 0 Å². The van der Waals surface area contributed by atoms with Crippen molar-refractivity contribution < 1.29 is 14.3 Å². The molecule has 33 heavy (non-hydrogen) atoms. The Morgan fingerprint density at radius 2 is 1.76 bits per heavy atom. The number of nitrogens with zero attached hydrogens (tertiary/aromatic N) is 3. The van der Waals surface area contributed by atoms with Crippen molar-refractivity contribution in [1.82, 2.24) is 14.8 Å². The van der Waals surface area contributed by atoms with Crippen LogP contribution in [0.5, 0.6) is 11.5 Å². The fourth-order valence-electron chi connectivity index (χ4n) is 3.18. The minimum absolute atomic E-state index is 0.140. The maximum absolute atomic E-state index is 12.7. The highest BCUT2D eigenvalue weighted by molar-refractivity contribution is 7.99. The van der Waals surface area contributed by atoms with E-state index in [0.29, 0.717) is 33.2 Å². The number of para-hydroxylation sites is 1. The van der Waals surface area contributed by atoms with Crippen LogP contribution in [0.4, 0.5) is 5.69 Å². The zero-order valence-corrected chi connectivity index (χ0v) is 19.6. The summed E-state index contributed by atoms with van der Waals surface area (Å²) in [4.78, 5) is 12.7. The minimum Gasteiger partial charge on any atom is -0.497 e. The number of benzene rings is 3. The summed E-state index contributed by atoms with van der Waals surface area (Å²) in [7, 11) is 3.12. The van der Waals surface area contributed by atoms with Crippen molar-refractivity contribution in [3.63, 3.8) is 0 Å². The second kappa shape index (κ2) is 10.4. The number of amides is 1. The van der Waals surface area contributed by atoms with Crippen LogP contribution < -0.4 is 14.8 Å². The topological polar surface area (TPSA) is 78.3 Å². The van der Waals surface area contributed by atoms with Crippen LogP contribution in [-0.4, -0.2) is 40.6 Å². The molecule has 0 radical (unpaired) electrons. The van der Waals surface area contributed by atoms with E-state index in [1.165, 1.54) is 11.8 Å². The van der Waals surface area contributed by atoms with Gasteiger partial charge in [0.15, 0.2) is 11.0 Å². The molecular formula is C24H21ClN4O3S. The molecule has 1 heterocycles. The number of methoxy groups -OCH3 is 2. The molecule has 0 bridgehead atoms. The van der Waals surface area contributed by atoms with Gasteiger partial charge in [-0.05, 0) is 48.5 Å². The number of anilines is 1. The molecule has 0 aliphatic rings. The third kappa shape index (κ3) is 5.30. The largest absolute Gasteiger partial charge is 0.497 e. The monoisotopic (exact) mass is 480 g/mol. The van der Waals surface area contributed by atoms with Gasteiger partial charge in [-0.25, -0.2) is 0 Å². The molecule has 7 nitrogen and oxygen atoms in total. The summed E-state index contributed by atoms with van der Waals surface area (Å²) in [5, 5.41) is 12.9. The van der Waals surface area contributed by atoms with E-state index < -0.39 is 0 Å². The van der Waals surface area contributed by atoms with Crippen molar-refractivity contribution >= 4 is 35.0 Å². The lowest BCUT2D eigenvalue weighted by Crippen LogP contribution is -2.15. The number of hydrogen-bond acceptors (Lipinski definition) is 6. The van der Waals surface area contributed by atoms with Crippen molar-refractivity contribution in [3.8, 4) is 28.6 Å². The highest BCUT2D eigenvalue weighted by Gasteiger charge is 2.18. The lowest BCUT2D eigenvalue weighted by atomic mass is 10.2. The second-order valence-corrected chi connectivity index (χ2v) is 8.27. The van der Waals surface area contributed by atoms with Crippen molar-refractivity contribution in [2.75, 3.05) is 25.3 Å². The lowest BCUT2D eigenvalue weighted by molar-refractivity contribution is -0.113. The molecule has 4 rings (SSSR count). The Morgan fingerprint density at radius 1 is 1.00 bits per heavy atom. The van der Waals surface area contributed by atoms with E-state index in [9.17, 15) is 4.79 Å². The molecule has 0 spiro atoms. The van der Waals surface area contributed by atoms with Gasteiger partial charge in [-0.2, -0.15) is 0 Å². The van der Waals surface area contributed by atoms with Crippen LogP contribution >= 0.6 is 23.4 Å². The first-order valence-electron chi connectivity index (χ1n) is 10.0. The number of thioether (sulfide) groups is 1. The SMILES string of the molecule is COc1ccc(NC(=O)CSc2nnc(-c3ccc(Cl)cc3)n2-c2ccccc2)c(OC)c1. The lowest BCUT2D eigenvalue weighted by Gasteiger charge is -2.12. The standard InChI is InChI=1S/C24H21ClN4O3S/c1-31-19-12-13-20(21(14-19)32-2)26-22(30)15-33-24-28-27-23(16-8-10-17(25)11-9-16)29(24)18-6-4-3-5-7-18/h3-14H,15H2,1-2H3,(H,26,30). The first kappa shape index (κ1) is 22.7. The predicted octanol–water partition coefficient (Wildman–Crippen LogP) is 5.34. The van der Waals surface area contributed by atoms with Gasteiger partial charge in [-0.3, -0.25) is 9.36 Å². The Labute approximate surface area is 200 Å². The number of aromatic nitrogens is 3. The van der Waals surface area contributed by atoms with Gasteiger partial charge in [0, 0.05) is 22.3 Å². The van der Waals surface area contributed by atoms with Crippen molar-refractivity contribution in [1.29, 1.82) is 0 Å². The molecule has 0 unspecified atom stereocenters. The van der Waals surface area contributed by atoms with E-state index >= 15 is 0 Å². The molecule has 0 aliphatic heterocycles. The number of halogens is 1. The van der Waals surface area contributed by atoms with Gasteiger partial charge in [-0.15, -0.1) is 10.2 Å². The van der Waals surface area contributed by atoms with Gasteiger partial charge in [0.1, 0.15) is 11.5 Å². The van der Waals surface area contributed by atoms with Crippen LogP contribution in [0, 0.1) is 0 Å². The molecule has 0 atom stereocenters. The number of ether oxygens (including phenoxy) is 2. The van der Waals surface area contributed by atoms with E-state index in [2.05, 4.69) is 15.5 Å². The van der Waals surface area contributed by atoms with E-state index in [4.69, 9.17) is 21.1 Å². The molecule has 0 saturated carbocycles. The number of carbonyl (C=O) groups is 1.